The van der Waals surface area contributed by atoms with E-state index in [4.69, 9.17) is 21.1 Å². The predicted molar refractivity (Wildman–Crippen MR) is 115 cm³/mol. The number of aromatic nitrogens is 1. The van der Waals surface area contributed by atoms with Crippen LogP contribution in [0.15, 0.2) is 36.7 Å². The van der Waals surface area contributed by atoms with Crippen LogP contribution in [0, 0.1) is 6.92 Å². The molecule has 1 saturated heterocycles. The number of hydrogen-bond acceptors (Lipinski definition) is 6. The summed E-state index contributed by atoms with van der Waals surface area (Å²) in [5.41, 5.74) is 2.29. The third-order valence-electron chi connectivity index (χ3n) is 4.92. The van der Waals surface area contributed by atoms with Crippen molar-refractivity contribution in [3.63, 3.8) is 0 Å². The summed E-state index contributed by atoms with van der Waals surface area (Å²) in [7, 11) is 1.37. The molecule has 1 aromatic carbocycles. The lowest BCUT2D eigenvalue weighted by atomic mass is 10.2. The standard InChI is InChI=1S/C21H25ClN4O4/c1-14-12-16(22)4-5-19(14)30-15(2)20(27)24-17-13-23-7-6-18(17)25-8-10-26(11-9-25)21(28)29-3/h4-7,12-13,15H,8-11H2,1-3H3,(H,24,27)/t15-/m1/s1. The second kappa shape index (κ2) is 9.67. The van der Waals surface area contributed by atoms with Gasteiger partial charge in [-0.15, -0.1) is 0 Å². The van der Waals surface area contributed by atoms with Crippen molar-refractivity contribution in [2.75, 3.05) is 43.5 Å². The number of halogens is 1. The van der Waals surface area contributed by atoms with Crippen LogP contribution >= 0.6 is 11.6 Å². The summed E-state index contributed by atoms with van der Waals surface area (Å²) in [6, 6.07) is 7.10. The fraction of sp³-hybridized carbons (Fsp3) is 0.381. The number of pyridine rings is 1. The van der Waals surface area contributed by atoms with Gasteiger partial charge in [0.05, 0.1) is 24.7 Å². The van der Waals surface area contributed by atoms with E-state index >= 15 is 0 Å². The van der Waals surface area contributed by atoms with Crippen LogP contribution in [0.5, 0.6) is 5.75 Å². The van der Waals surface area contributed by atoms with Crippen molar-refractivity contribution in [1.82, 2.24) is 9.88 Å². The van der Waals surface area contributed by atoms with E-state index in [2.05, 4.69) is 15.2 Å². The molecule has 0 saturated carbocycles. The van der Waals surface area contributed by atoms with Gasteiger partial charge in [0, 0.05) is 37.4 Å². The van der Waals surface area contributed by atoms with Gasteiger partial charge in [0.1, 0.15) is 5.75 Å². The second-order valence-electron chi connectivity index (χ2n) is 7.00. The summed E-state index contributed by atoms with van der Waals surface area (Å²) in [6.07, 6.45) is 2.24. The summed E-state index contributed by atoms with van der Waals surface area (Å²) in [5.74, 6) is 0.319. The normalized spacial score (nSPS) is 14.8. The highest BCUT2D eigenvalue weighted by atomic mass is 35.5. The molecule has 0 spiro atoms. The topological polar surface area (TPSA) is 84.0 Å². The van der Waals surface area contributed by atoms with E-state index in [1.807, 2.05) is 13.0 Å². The molecule has 8 nitrogen and oxygen atoms in total. The lowest BCUT2D eigenvalue weighted by Gasteiger charge is -2.36. The highest BCUT2D eigenvalue weighted by Gasteiger charge is 2.24. The summed E-state index contributed by atoms with van der Waals surface area (Å²) >= 11 is 5.97. The first kappa shape index (κ1) is 21.7. The van der Waals surface area contributed by atoms with Crippen LogP contribution in [0.25, 0.3) is 0 Å². The van der Waals surface area contributed by atoms with Crippen molar-refractivity contribution in [2.45, 2.75) is 20.0 Å². The highest BCUT2D eigenvalue weighted by molar-refractivity contribution is 6.30. The highest BCUT2D eigenvalue weighted by Crippen LogP contribution is 2.27. The number of carbonyl (C=O) groups excluding carboxylic acids is 2. The van der Waals surface area contributed by atoms with Crippen LogP contribution in [0.3, 0.4) is 0 Å². The molecule has 30 heavy (non-hydrogen) atoms. The average Bonchev–Trinajstić information content (AvgIpc) is 2.75. The van der Waals surface area contributed by atoms with E-state index in [1.165, 1.54) is 7.11 Å². The van der Waals surface area contributed by atoms with Crippen LogP contribution in [-0.2, 0) is 9.53 Å². The third kappa shape index (κ3) is 5.13. The zero-order valence-electron chi connectivity index (χ0n) is 17.2. The van der Waals surface area contributed by atoms with E-state index < -0.39 is 6.10 Å². The fourth-order valence-electron chi connectivity index (χ4n) is 3.24. The summed E-state index contributed by atoms with van der Waals surface area (Å²) < 4.78 is 10.6. The lowest BCUT2D eigenvalue weighted by molar-refractivity contribution is -0.122. The van der Waals surface area contributed by atoms with E-state index in [1.54, 1.807) is 42.4 Å². The molecule has 0 radical (unpaired) electrons. The first-order valence-corrected chi connectivity index (χ1v) is 10.0. The number of anilines is 2. The van der Waals surface area contributed by atoms with Crippen molar-refractivity contribution < 1.29 is 19.1 Å². The Morgan fingerprint density at radius 3 is 2.60 bits per heavy atom. The summed E-state index contributed by atoms with van der Waals surface area (Å²) in [5, 5.41) is 3.52. The van der Waals surface area contributed by atoms with E-state index in [0.717, 1.165) is 11.3 Å². The van der Waals surface area contributed by atoms with Gasteiger partial charge in [-0.05, 0) is 43.7 Å². The third-order valence-corrected chi connectivity index (χ3v) is 5.15. The minimum atomic E-state index is -0.714. The Labute approximate surface area is 180 Å². The Morgan fingerprint density at radius 1 is 1.20 bits per heavy atom. The maximum atomic E-state index is 12.7. The fourth-order valence-corrected chi connectivity index (χ4v) is 3.47. The lowest BCUT2D eigenvalue weighted by Crippen LogP contribution is -2.49. The van der Waals surface area contributed by atoms with Gasteiger partial charge in [-0.25, -0.2) is 4.79 Å². The van der Waals surface area contributed by atoms with Gasteiger partial charge in [0.25, 0.3) is 5.91 Å². The maximum absolute atomic E-state index is 12.7. The molecule has 0 aliphatic carbocycles. The number of benzene rings is 1. The molecule has 1 atom stereocenters. The van der Waals surface area contributed by atoms with Crippen molar-refractivity contribution in [3.05, 3.63) is 47.2 Å². The maximum Gasteiger partial charge on any atom is 0.409 e. The Kier molecular flexibility index (Phi) is 6.99. The molecular weight excluding hydrogens is 408 g/mol. The Balaban J connectivity index is 1.65. The van der Waals surface area contributed by atoms with Gasteiger partial charge >= 0.3 is 6.09 Å². The van der Waals surface area contributed by atoms with Gasteiger partial charge in [-0.2, -0.15) is 0 Å². The Bertz CT molecular complexity index is 916. The molecule has 9 heteroatoms. The van der Waals surface area contributed by atoms with Crippen LogP contribution in [0.1, 0.15) is 12.5 Å². The van der Waals surface area contributed by atoms with Crippen LogP contribution in [0.2, 0.25) is 5.02 Å². The van der Waals surface area contributed by atoms with Crippen LogP contribution < -0.4 is 15.0 Å². The average molecular weight is 433 g/mol. The van der Waals surface area contributed by atoms with Crippen molar-refractivity contribution in [1.29, 1.82) is 0 Å². The number of aryl methyl sites for hydroxylation is 1. The smallest absolute Gasteiger partial charge is 0.409 e. The molecule has 0 unspecified atom stereocenters. The predicted octanol–water partition coefficient (Wildman–Crippen LogP) is 3.34. The van der Waals surface area contributed by atoms with E-state index in [0.29, 0.717) is 42.6 Å². The largest absolute Gasteiger partial charge is 0.481 e. The summed E-state index contributed by atoms with van der Waals surface area (Å²) in [6.45, 7) is 5.89. The minimum Gasteiger partial charge on any atom is -0.481 e. The zero-order valence-corrected chi connectivity index (χ0v) is 18.0. The van der Waals surface area contributed by atoms with Crippen molar-refractivity contribution >= 4 is 35.0 Å². The molecule has 1 aliphatic heterocycles. The molecule has 2 heterocycles. The number of nitrogens with one attached hydrogen (secondary N) is 1. The SMILES string of the molecule is COC(=O)N1CCN(c2ccncc2NC(=O)[C@@H](C)Oc2ccc(Cl)cc2C)CC1. The number of piperazine rings is 1. The molecular formula is C21H25ClN4O4. The first-order chi connectivity index (χ1) is 14.4. The molecule has 160 valence electrons. The van der Waals surface area contributed by atoms with Gasteiger partial charge in [-0.3, -0.25) is 9.78 Å². The number of methoxy groups -OCH3 is 1. The van der Waals surface area contributed by atoms with E-state index in [9.17, 15) is 9.59 Å². The molecule has 1 aromatic heterocycles. The molecule has 3 rings (SSSR count). The van der Waals surface area contributed by atoms with Gasteiger partial charge in [0.2, 0.25) is 0 Å². The number of ether oxygens (including phenoxy) is 2. The summed E-state index contributed by atoms with van der Waals surface area (Å²) in [4.78, 5) is 32.3. The second-order valence-corrected chi connectivity index (χ2v) is 7.43. The van der Waals surface area contributed by atoms with Crippen LogP contribution in [0.4, 0.5) is 16.2 Å². The Morgan fingerprint density at radius 2 is 1.93 bits per heavy atom. The molecule has 0 bridgehead atoms. The quantitative estimate of drug-likeness (QED) is 0.780. The Hall–Kier alpha value is -3.00. The monoisotopic (exact) mass is 432 g/mol. The molecule has 1 aliphatic rings. The molecule has 2 amide bonds. The first-order valence-electron chi connectivity index (χ1n) is 9.64. The number of rotatable bonds is 5. The number of nitrogens with zero attached hydrogens (tertiary/aromatic N) is 3. The van der Waals surface area contributed by atoms with Crippen LogP contribution in [-0.4, -0.2) is 61.3 Å². The molecule has 1 N–H and O–H groups in total. The molecule has 2 aromatic rings. The number of carbonyl (C=O) groups is 2. The zero-order chi connectivity index (χ0) is 21.7. The van der Waals surface area contributed by atoms with Crippen molar-refractivity contribution in [2.24, 2.45) is 0 Å². The van der Waals surface area contributed by atoms with Gasteiger partial charge < -0.3 is 24.6 Å². The van der Waals surface area contributed by atoms with Crippen molar-refractivity contribution in [3.8, 4) is 5.75 Å². The van der Waals surface area contributed by atoms with E-state index in [-0.39, 0.29) is 12.0 Å². The van der Waals surface area contributed by atoms with Gasteiger partial charge in [-0.1, -0.05) is 11.6 Å². The molecule has 1 fully saturated rings. The minimum absolute atomic E-state index is 0.285. The van der Waals surface area contributed by atoms with Gasteiger partial charge in [0.15, 0.2) is 6.10 Å². The number of hydrogen-bond donors (Lipinski definition) is 1. The number of amides is 2.